The summed E-state index contributed by atoms with van der Waals surface area (Å²) in [6.45, 7) is 4.39. The smallest absolute Gasteiger partial charge is 0.320 e. The number of amides is 2. The van der Waals surface area contributed by atoms with Crippen molar-refractivity contribution in [3.05, 3.63) is 48.2 Å². The topological polar surface area (TPSA) is 91.8 Å². The van der Waals surface area contributed by atoms with Crippen LogP contribution in [0, 0.1) is 6.92 Å². The molecule has 0 saturated heterocycles. The van der Waals surface area contributed by atoms with Crippen molar-refractivity contribution in [1.82, 2.24) is 20.3 Å². The highest BCUT2D eigenvalue weighted by Gasteiger charge is 2.12. The van der Waals surface area contributed by atoms with Gasteiger partial charge in [0.2, 0.25) is 0 Å². The fourth-order valence-corrected chi connectivity index (χ4v) is 2.15. The van der Waals surface area contributed by atoms with Crippen molar-refractivity contribution in [2.45, 2.75) is 13.8 Å². The lowest BCUT2D eigenvalue weighted by atomic mass is 10.2. The van der Waals surface area contributed by atoms with E-state index in [9.17, 15) is 4.79 Å². The van der Waals surface area contributed by atoms with Crippen LogP contribution < -0.4 is 16.0 Å². The Bertz CT molecular complexity index is 863. The van der Waals surface area contributed by atoms with Gasteiger partial charge >= 0.3 is 6.03 Å². The van der Waals surface area contributed by atoms with Gasteiger partial charge in [-0.3, -0.25) is 5.32 Å². The number of carbonyl (C=O) groups excluding carboxylic acids is 1. The quantitative estimate of drug-likeness (QED) is 0.686. The summed E-state index contributed by atoms with van der Waals surface area (Å²) >= 11 is 0. The Kier molecular flexibility index (Phi) is 4.51. The van der Waals surface area contributed by atoms with Gasteiger partial charge in [0.25, 0.3) is 0 Å². The molecule has 24 heavy (non-hydrogen) atoms. The third-order valence-electron chi connectivity index (χ3n) is 3.32. The molecule has 0 aliphatic rings. The molecular weight excluding hydrogens is 304 g/mol. The molecule has 0 unspecified atom stereocenters. The maximum absolute atomic E-state index is 11.9. The molecule has 2 amide bonds. The summed E-state index contributed by atoms with van der Waals surface area (Å²) < 4.78 is 0. The van der Waals surface area contributed by atoms with Gasteiger partial charge in [-0.1, -0.05) is 17.7 Å². The van der Waals surface area contributed by atoms with E-state index in [1.165, 1.54) is 0 Å². The minimum atomic E-state index is -0.339. The average molecular weight is 322 g/mol. The molecule has 122 valence electrons. The summed E-state index contributed by atoms with van der Waals surface area (Å²) in [6, 6.07) is 11.2. The van der Waals surface area contributed by atoms with Gasteiger partial charge in [0.1, 0.15) is 5.52 Å². The summed E-state index contributed by atoms with van der Waals surface area (Å²) in [5.74, 6) is 0.790. The number of hydrogen-bond donors (Lipinski definition) is 3. The Morgan fingerprint density at radius 2 is 1.88 bits per heavy atom. The summed E-state index contributed by atoms with van der Waals surface area (Å²) in [6.07, 6.45) is 1.64. The second-order valence-electron chi connectivity index (χ2n) is 5.24. The lowest BCUT2D eigenvalue weighted by Gasteiger charge is -2.12. The number of benzene rings is 1. The second-order valence-corrected chi connectivity index (χ2v) is 5.24. The normalized spacial score (nSPS) is 10.4. The minimum Gasteiger partial charge on any atom is -0.338 e. The number of fused-ring (bicyclic) bond motifs is 1. The van der Waals surface area contributed by atoms with E-state index in [1.54, 1.807) is 12.3 Å². The van der Waals surface area contributed by atoms with Gasteiger partial charge in [-0.2, -0.15) is 0 Å². The van der Waals surface area contributed by atoms with Crippen molar-refractivity contribution in [3.63, 3.8) is 0 Å². The lowest BCUT2D eigenvalue weighted by Crippen LogP contribution is -2.29. The van der Waals surface area contributed by atoms with E-state index in [0.717, 1.165) is 11.3 Å². The molecule has 3 N–H and O–H groups in total. The molecule has 2 heterocycles. The number of rotatable bonds is 4. The first-order chi connectivity index (χ1) is 11.7. The van der Waals surface area contributed by atoms with Gasteiger partial charge in [0.05, 0.1) is 0 Å². The molecule has 0 aliphatic carbocycles. The van der Waals surface area contributed by atoms with E-state index in [1.807, 2.05) is 44.2 Å². The van der Waals surface area contributed by atoms with Crippen LogP contribution in [0.3, 0.4) is 0 Å². The summed E-state index contributed by atoms with van der Waals surface area (Å²) in [5, 5.41) is 8.58. The third kappa shape index (κ3) is 3.57. The summed E-state index contributed by atoms with van der Waals surface area (Å²) in [4.78, 5) is 25.0. The maximum atomic E-state index is 11.9. The van der Waals surface area contributed by atoms with E-state index in [-0.39, 0.29) is 6.03 Å². The Morgan fingerprint density at radius 3 is 2.62 bits per heavy atom. The molecule has 0 fully saturated rings. The number of aryl methyl sites for hydroxylation is 1. The first kappa shape index (κ1) is 15.7. The summed E-state index contributed by atoms with van der Waals surface area (Å²) in [7, 11) is 0. The van der Waals surface area contributed by atoms with E-state index >= 15 is 0 Å². The Hall–Kier alpha value is -3.22. The van der Waals surface area contributed by atoms with Crippen molar-refractivity contribution in [2.75, 3.05) is 17.2 Å². The fraction of sp³-hybridized carbons (Fsp3) is 0.176. The number of hydrogen-bond acceptors (Lipinski definition) is 5. The Morgan fingerprint density at radius 1 is 1.08 bits per heavy atom. The Labute approximate surface area is 139 Å². The predicted octanol–water partition coefficient (Wildman–Crippen LogP) is 3.22. The van der Waals surface area contributed by atoms with Gasteiger partial charge in [-0.15, -0.1) is 0 Å². The van der Waals surface area contributed by atoms with E-state index in [0.29, 0.717) is 29.3 Å². The van der Waals surface area contributed by atoms with Crippen LogP contribution in [0.15, 0.2) is 42.6 Å². The number of urea groups is 1. The third-order valence-corrected chi connectivity index (χ3v) is 3.32. The first-order valence-corrected chi connectivity index (χ1v) is 7.67. The average Bonchev–Trinajstić information content (AvgIpc) is 2.57. The molecule has 0 spiro atoms. The van der Waals surface area contributed by atoms with Crippen LogP contribution in [0.1, 0.15) is 12.5 Å². The monoisotopic (exact) mass is 322 g/mol. The zero-order chi connectivity index (χ0) is 16.9. The van der Waals surface area contributed by atoms with Crippen LogP contribution >= 0.6 is 0 Å². The number of anilines is 3. The highest BCUT2D eigenvalue weighted by molar-refractivity contribution is 5.93. The van der Waals surface area contributed by atoms with Crippen LogP contribution in [-0.2, 0) is 0 Å². The number of nitrogens with one attached hydrogen (secondary N) is 3. The first-order valence-electron chi connectivity index (χ1n) is 7.67. The number of nitrogens with zero attached hydrogens (tertiary/aromatic N) is 3. The fourth-order valence-electron chi connectivity index (χ4n) is 2.15. The number of carbonyl (C=O) groups is 1. The molecule has 0 saturated carbocycles. The Balaban J connectivity index is 1.98. The van der Waals surface area contributed by atoms with Crippen molar-refractivity contribution >= 4 is 34.5 Å². The minimum absolute atomic E-state index is 0.327. The molecule has 2 aromatic heterocycles. The van der Waals surface area contributed by atoms with Crippen molar-refractivity contribution in [2.24, 2.45) is 0 Å². The molecule has 0 bridgehead atoms. The molecule has 0 radical (unpaired) electrons. The largest absolute Gasteiger partial charge is 0.338 e. The van der Waals surface area contributed by atoms with E-state index in [4.69, 9.17) is 0 Å². The maximum Gasteiger partial charge on any atom is 0.320 e. The molecule has 3 rings (SSSR count). The van der Waals surface area contributed by atoms with Gasteiger partial charge in [-0.05, 0) is 38.1 Å². The lowest BCUT2D eigenvalue weighted by molar-refractivity contribution is 0.252. The van der Waals surface area contributed by atoms with Gasteiger partial charge in [-0.25, -0.2) is 19.7 Å². The second kappa shape index (κ2) is 6.91. The van der Waals surface area contributed by atoms with Crippen LogP contribution in [-0.4, -0.2) is 27.5 Å². The van der Waals surface area contributed by atoms with Gasteiger partial charge in [0.15, 0.2) is 17.3 Å². The SMILES string of the molecule is CCNC(=O)Nc1nc2ncccc2nc1Nc1ccc(C)cc1. The van der Waals surface area contributed by atoms with Gasteiger partial charge in [0, 0.05) is 18.4 Å². The number of pyridine rings is 1. The van der Waals surface area contributed by atoms with Crippen LogP contribution in [0.5, 0.6) is 0 Å². The van der Waals surface area contributed by atoms with Crippen molar-refractivity contribution < 1.29 is 4.79 Å². The molecular formula is C17H18N6O. The molecule has 3 aromatic rings. The molecule has 0 atom stereocenters. The summed E-state index contributed by atoms with van der Waals surface area (Å²) in [5.41, 5.74) is 3.14. The van der Waals surface area contributed by atoms with Crippen LogP contribution in [0.4, 0.5) is 22.1 Å². The highest BCUT2D eigenvalue weighted by Crippen LogP contribution is 2.24. The van der Waals surface area contributed by atoms with E-state index in [2.05, 4.69) is 30.9 Å². The highest BCUT2D eigenvalue weighted by atomic mass is 16.2. The van der Waals surface area contributed by atoms with Crippen molar-refractivity contribution in [1.29, 1.82) is 0 Å². The van der Waals surface area contributed by atoms with Crippen LogP contribution in [0.2, 0.25) is 0 Å². The molecule has 7 heteroatoms. The predicted molar refractivity (Wildman–Crippen MR) is 94.5 cm³/mol. The molecule has 7 nitrogen and oxygen atoms in total. The van der Waals surface area contributed by atoms with E-state index < -0.39 is 0 Å². The standard InChI is InChI=1S/C17H18N6O/c1-3-18-17(24)23-16-15(20-12-8-6-11(2)7-9-12)21-13-5-4-10-19-14(13)22-16/h4-10H,3H2,1-2H3,(H,20,21)(H2,18,19,22,23,24). The molecule has 0 aliphatic heterocycles. The van der Waals surface area contributed by atoms with Gasteiger partial charge < -0.3 is 10.6 Å². The molecule has 1 aromatic carbocycles. The zero-order valence-electron chi connectivity index (χ0n) is 13.5. The van der Waals surface area contributed by atoms with Crippen molar-refractivity contribution in [3.8, 4) is 0 Å². The zero-order valence-corrected chi connectivity index (χ0v) is 13.5. The number of aromatic nitrogens is 3. The van der Waals surface area contributed by atoms with Crippen LogP contribution in [0.25, 0.3) is 11.2 Å².